The third-order valence-electron chi connectivity index (χ3n) is 2.93. The summed E-state index contributed by atoms with van der Waals surface area (Å²) in [6.45, 7) is 4.74. The monoisotopic (exact) mass is 271 g/mol. The molecular formula is C16H21N3O. The van der Waals surface area contributed by atoms with Crippen LogP contribution in [0.2, 0.25) is 0 Å². The smallest absolute Gasteiger partial charge is 0.263 e. The molecule has 0 radical (unpaired) electrons. The highest BCUT2D eigenvalue weighted by Crippen LogP contribution is 2.10. The second-order valence-corrected chi connectivity index (χ2v) is 4.47. The lowest BCUT2D eigenvalue weighted by molar-refractivity contribution is -0.117. The van der Waals surface area contributed by atoms with Crippen molar-refractivity contribution >= 4 is 11.6 Å². The van der Waals surface area contributed by atoms with E-state index in [1.807, 2.05) is 30.3 Å². The molecule has 1 aromatic rings. The van der Waals surface area contributed by atoms with Gasteiger partial charge in [-0.2, -0.15) is 5.26 Å². The summed E-state index contributed by atoms with van der Waals surface area (Å²) in [5.41, 5.74) is 2.19. The minimum Gasteiger partial charge on any atom is -0.360 e. The number of hydrogen-bond acceptors (Lipinski definition) is 3. The summed E-state index contributed by atoms with van der Waals surface area (Å²) in [6.07, 6.45) is 4.35. The lowest BCUT2D eigenvalue weighted by Crippen LogP contribution is -2.25. The van der Waals surface area contributed by atoms with Crippen molar-refractivity contribution < 1.29 is 4.79 Å². The molecule has 0 heterocycles. The fraction of sp³-hybridized carbons (Fsp3) is 0.375. The molecule has 2 N–H and O–H groups in total. The van der Waals surface area contributed by atoms with Gasteiger partial charge in [0.25, 0.3) is 5.91 Å². The molecule has 0 aliphatic carbocycles. The number of amides is 1. The number of benzene rings is 1. The fourth-order valence-electron chi connectivity index (χ4n) is 1.61. The number of nitriles is 1. The van der Waals surface area contributed by atoms with E-state index in [1.54, 1.807) is 0 Å². The minimum absolute atomic E-state index is 0.0840. The summed E-state index contributed by atoms with van der Waals surface area (Å²) in [5.74, 6) is -0.335. The second-order valence-electron chi connectivity index (χ2n) is 4.47. The zero-order valence-corrected chi connectivity index (χ0v) is 12.1. The third-order valence-corrected chi connectivity index (χ3v) is 2.93. The summed E-state index contributed by atoms with van der Waals surface area (Å²) in [5, 5.41) is 14.7. The van der Waals surface area contributed by atoms with Gasteiger partial charge in [0.2, 0.25) is 0 Å². The Bertz CT molecular complexity index is 497. The molecule has 0 atom stereocenters. The van der Waals surface area contributed by atoms with Gasteiger partial charge in [0, 0.05) is 18.4 Å². The Morgan fingerprint density at radius 1 is 1.30 bits per heavy atom. The molecule has 0 saturated carbocycles. The van der Waals surface area contributed by atoms with Crippen molar-refractivity contribution in [3.8, 4) is 6.07 Å². The number of unbranched alkanes of at least 4 members (excludes halogenated alkanes) is 1. The molecule has 0 unspecified atom stereocenters. The van der Waals surface area contributed by atoms with Crippen molar-refractivity contribution in [3.63, 3.8) is 0 Å². The van der Waals surface area contributed by atoms with Crippen LogP contribution in [-0.4, -0.2) is 12.5 Å². The fourth-order valence-corrected chi connectivity index (χ4v) is 1.61. The van der Waals surface area contributed by atoms with E-state index in [4.69, 9.17) is 5.26 Å². The molecule has 20 heavy (non-hydrogen) atoms. The van der Waals surface area contributed by atoms with E-state index in [0.717, 1.165) is 24.9 Å². The molecule has 4 heteroatoms. The standard InChI is InChI=1S/C16H21N3O/c1-3-5-10-18-16(20)14(11-17)12-19-15-8-6-13(4-2)7-9-15/h6-9,12,19H,3-5,10H2,1-2H3,(H,18,20)/b14-12-. The average Bonchev–Trinajstić information content (AvgIpc) is 2.49. The molecule has 1 rings (SSSR count). The first-order valence-electron chi connectivity index (χ1n) is 6.95. The van der Waals surface area contributed by atoms with Gasteiger partial charge in [0.05, 0.1) is 0 Å². The number of hydrogen-bond donors (Lipinski definition) is 2. The van der Waals surface area contributed by atoms with E-state index < -0.39 is 0 Å². The topological polar surface area (TPSA) is 64.9 Å². The Balaban J connectivity index is 2.60. The van der Waals surface area contributed by atoms with E-state index in [-0.39, 0.29) is 11.5 Å². The molecule has 0 spiro atoms. The maximum Gasteiger partial charge on any atom is 0.263 e. The normalized spacial score (nSPS) is 10.8. The molecule has 0 saturated heterocycles. The highest BCUT2D eigenvalue weighted by atomic mass is 16.1. The van der Waals surface area contributed by atoms with Crippen molar-refractivity contribution in [1.82, 2.24) is 5.32 Å². The maximum atomic E-state index is 11.7. The maximum absolute atomic E-state index is 11.7. The van der Waals surface area contributed by atoms with E-state index in [2.05, 4.69) is 24.5 Å². The van der Waals surface area contributed by atoms with E-state index in [1.165, 1.54) is 11.8 Å². The van der Waals surface area contributed by atoms with Crippen molar-refractivity contribution in [2.45, 2.75) is 33.1 Å². The molecule has 0 aliphatic heterocycles. The van der Waals surface area contributed by atoms with Crippen molar-refractivity contribution in [3.05, 3.63) is 41.6 Å². The number of nitrogens with one attached hydrogen (secondary N) is 2. The Morgan fingerprint density at radius 2 is 2.00 bits per heavy atom. The van der Waals surface area contributed by atoms with E-state index >= 15 is 0 Å². The molecule has 0 aliphatic rings. The number of nitrogens with zero attached hydrogens (tertiary/aromatic N) is 1. The number of anilines is 1. The average molecular weight is 271 g/mol. The van der Waals surface area contributed by atoms with Crippen LogP contribution in [0.5, 0.6) is 0 Å². The van der Waals surface area contributed by atoms with Crippen LogP contribution in [0.3, 0.4) is 0 Å². The quantitative estimate of drug-likeness (QED) is 0.455. The van der Waals surface area contributed by atoms with Gasteiger partial charge in [0.1, 0.15) is 11.6 Å². The van der Waals surface area contributed by atoms with Crippen LogP contribution in [0.1, 0.15) is 32.3 Å². The molecule has 0 bridgehead atoms. The van der Waals surface area contributed by atoms with Crippen molar-refractivity contribution in [2.75, 3.05) is 11.9 Å². The van der Waals surface area contributed by atoms with Crippen LogP contribution in [0.4, 0.5) is 5.69 Å². The molecule has 1 aromatic carbocycles. The summed E-state index contributed by atoms with van der Waals surface area (Å²) >= 11 is 0. The molecule has 4 nitrogen and oxygen atoms in total. The number of carbonyl (C=O) groups is 1. The van der Waals surface area contributed by atoms with Gasteiger partial charge in [-0.3, -0.25) is 4.79 Å². The number of carbonyl (C=O) groups excluding carboxylic acids is 1. The van der Waals surface area contributed by atoms with Gasteiger partial charge in [-0.25, -0.2) is 0 Å². The highest BCUT2D eigenvalue weighted by Gasteiger charge is 2.07. The first-order chi connectivity index (χ1) is 9.71. The lowest BCUT2D eigenvalue weighted by atomic mass is 10.1. The number of rotatable bonds is 7. The van der Waals surface area contributed by atoms with Gasteiger partial charge in [0.15, 0.2) is 0 Å². The molecule has 106 valence electrons. The van der Waals surface area contributed by atoms with Crippen LogP contribution < -0.4 is 10.6 Å². The van der Waals surface area contributed by atoms with E-state index in [9.17, 15) is 4.79 Å². The number of aryl methyl sites for hydroxylation is 1. The van der Waals surface area contributed by atoms with Gasteiger partial charge < -0.3 is 10.6 Å². The Kier molecular flexibility index (Phi) is 6.91. The van der Waals surface area contributed by atoms with Gasteiger partial charge >= 0.3 is 0 Å². The van der Waals surface area contributed by atoms with Crippen LogP contribution in [0, 0.1) is 11.3 Å². The summed E-state index contributed by atoms with van der Waals surface area (Å²) < 4.78 is 0. The summed E-state index contributed by atoms with van der Waals surface area (Å²) in [6, 6.07) is 9.80. The Hall–Kier alpha value is -2.28. The highest BCUT2D eigenvalue weighted by molar-refractivity contribution is 5.97. The van der Waals surface area contributed by atoms with Gasteiger partial charge in [-0.15, -0.1) is 0 Å². The Labute approximate surface area is 120 Å². The predicted octanol–water partition coefficient (Wildman–Crippen LogP) is 2.98. The minimum atomic E-state index is -0.335. The van der Waals surface area contributed by atoms with Crippen LogP contribution in [0.25, 0.3) is 0 Å². The molecule has 1 amide bonds. The van der Waals surface area contributed by atoms with Gasteiger partial charge in [-0.1, -0.05) is 32.4 Å². The van der Waals surface area contributed by atoms with Crippen LogP contribution >= 0.6 is 0 Å². The summed E-state index contributed by atoms with van der Waals surface area (Å²) in [4.78, 5) is 11.7. The molecule has 0 fully saturated rings. The van der Waals surface area contributed by atoms with Crippen molar-refractivity contribution in [2.24, 2.45) is 0 Å². The SMILES string of the molecule is CCCCNC(=O)/C(C#N)=C\Nc1ccc(CC)cc1. The first kappa shape index (κ1) is 15.8. The lowest BCUT2D eigenvalue weighted by Gasteiger charge is -2.05. The second kappa shape index (κ2) is 8.76. The molecule has 0 aromatic heterocycles. The Morgan fingerprint density at radius 3 is 2.55 bits per heavy atom. The zero-order valence-electron chi connectivity index (χ0n) is 12.1. The third kappa shape index (κ3) is 5.15. The predicted molar refractivity (Wildman–Crippen MR) is 81.1 cm³/mol. The summed E-state index contributed by atoms with van der Waals surface area (Å²) in [7, 11) is 0. The van der Waals surface area contributed by atoms with Crippen LogP contribution in [0.15, 0.2) is 36.0 Å². The first-order valence-corrected chi connectivity index (χ1v) is 6.95. The van der Waals surface area contributed by atoms with Crippen molar-refractivity contribution in [1.29, 1.82) is 5.26 Å². The van der Waals surface area contributed by atoms with E-state index in [0.29, 0.717) is 6.54 Å². The molecular weight excluding hydrogens is 250 g/mol. The van der Waals surface area contributed by atoms with Crippen LogP contribution in [-0.2, 0) is 11.2 Å². The van der Waals surface area contributed by atoms with Gasteiger partial charge in [-0.05, 0) is 30.5 Å². The zero-order chi connectivity index (χ0) is 14.8. The largest absolute Gasteiger partial charge is 0.360 e.